The maximum absolute atomic E-state index is 5.95. The number of hydrogen-bond acceptors (Lipinski definition) is 3. The molecule has 0 fully saturated rings. The quantitative estimate of drug-likeness (QED) is 0.588. The Morgan fingerprint density at radius 3 is 2.80 bits per heavy atom. The Morgan fingerprint density at radius 1 is 1.15 bits per heavy atom. The van der Waals surface area contributed by atoms with E-state index in [2.05, 4.69) is 36.3 Å². The number of nitrogens with two attached hydrogens (primary N) is 1. The highest BCUT2D eigenvalue weighted by molar-refractivity contribution is 7.98. The molecule has 2 N–H and O–H groups in total. The summed E-state index contributed by atoms with van der Waals surface area (Å²) in [6.07, 6.45) is 0. The molecule has 102 valence electrons. The predicted molar refractivity (Wildman–Crippen MR) is 85.9 cm³/mol. The fourth-order valence-corrected chi connectivity index (χ4v) is 3.34. The van der Waals surface area contributed by atoms with Gasteiger partial charge in [-0.1, -0.05) is 24.3 Å². The third kappa shape index (κ3) is 2.27. The lowest BCUT2D eigenvalue weighted by molar-refractivity contribution is 0.781. The summed E-state index contributed by atoms with van der Waals surface area (Å²) in [5.41, 5.74) is 10.2. The van der Waals surface area contributed by atoms with Gasteiger partial charge in [-0.25, -0.2) is 0 Å². The second-order valence-corrected chi connectivity index (χ2v) is 5.86. The van der Waals surface area contributed by atoms with Gasteiger partial charge >= 0.3 is 0 Å². The molecule has 0 aliphatic heterocycles. The molecule has 3 aromatic rings. The number of para-hydroxylation sites is 1. The molecule has 1 heterocycles. The van der Waals surface area contributed by atoms with Gasteiger partial charge in [-0.05, 0) is 30.7 Å². The van der Waals surface area contributed by atoms with Crippen molar-refractivity contribution in [3.05, 3.63) is 53.7 Å². The average Bonchev–Trinajstić information content (AvgIpc) is 2.78. The Morgan fingerprint density at radius 2 is 1.95 bits per heavy atom. The van der Waals surface area contributed by atoms with Gasteiger partial charge in [0.2, 0.25) is 0 Å². The van der Waals surface area contributed by atoms with Crippen LogP contribution in [0.25, 0.3) is 10.9 Å². The number of nitrogen functional groups attached to an aromatic ring is 1. The molecule has 3 rings (SSSR count). The Labute approximate surface area is 122 Å². The van der Waals surface area contributed by atoms with Crippen LogP contribution in [-0.4, -0.2) is 9.78 Å². The van der Waals surface area contributed by atoms with Gasteiger partial charge in [-0.3, -0.25) is 4.68 Å². The minimum atomic E-state index is 0.848. The molecular formula is C16H17N3S. The first kappa shape index (κ1) is 13.1. The standard InChI is InChI=1S/C16H17N3S/c1-11-13(17)7-5-9-16(11)20-10-14-12-6-3-4-8-15(12)19(2)18-14/h3-9H,10,17H2,1-2H3. The summed E-state index contributed by atoms with van der Waals surface area (Å²) in [5, 5.41) is 5.85. The average molecular weight is 283 g/mol. The first-order chi connectivity index (χ1) is 9.66. The van der Waals surface area contributed by atoms with E-state index in [9.17, 15) is 0 Å². The fraction of sp³-hybridized carbons (Fsp3) is 0.188. The van der Waals surface area contributed by atoms with Gasteiger partial charge in [-0.2, -0.15) is 5.10 Å². The Balaban J connectivity index is 1.89. The molecule has 0 unspecified atom stereocenters. The van der Waals surface area contributed by atoms with Crippen molar-refractivity contribution in [1.82, 2.24) is 9.78 Å². The van der Waals surface area contributed by atoms with E-state index >= 15 is 0 Å². The van der Waals surface area contributed by atoms with E-state index in [1.54, 1.807) is 11.8 Å². The molecule has 3 nitrogen and oxygen atoms in total. The first-order valence-corrected chi connectivity index (χ1v) is 7.54. The number of aryl methyl sites for hydroxylation is 1. The molecule has 0 bridgehead atoms. The summed E-state index contributed by atoms with van der Waals surface area (Å²) in [6, 6.07) is 14.4. The smallest absolute Gasteiger partial charge is 0.0805 e. The molecule has 0 saturated carbocycles. The molecule has 0 saturated heterocycles. The van der Waals surface area contributed by atoms with Gasteiger partial charge < -0.3 is 5.73 Å². The summed E-state index contributed by atoms with van der Waals surface area (Å²) in [6.45, 7) is 2.06. The van der Waals surface area contributed by atoms with Crippen LogP contribution in [0.15, 0.2) is 47.4 Å². The maximum atomic E-state index is 5.95. The number of nitrogens with zero attached hydrogens (tertiary/aromatic N) is 2. The number of fused-ring (bicyclic) bond motifs is 1. The van der Waals surface area contributed by atoms with E-state index in [0.29, 0.717) is 0 Å². The Kier molecular flexibility index (Phi) is 3.40. The van der Waals surface area contributed by atoms with Crippen LogP contribution in [-0.2, 0) is 12.8 Å². The molecule has 0 radical (unpaired) electrons. The van der Waals surface area contributed by atoms with Crippen LogP contribution >= 0.6 is 11.8 Å². The van der Waals surface area contributed by atoms with Crippen molar-refractivity contribution in [2.24, 2.45) is 7.05 Å². The van der Waals surface area contributed by atoms with Crippen molar-refractivity contribution >= 4 is 28.4 Å². The SMILES string of the molecule is Cc1c(N)cccc1SCc1nn(C)c2ccccc12. The Bertz CT molecular complexity index is 762. The summed E-state index contributed by atoms with van der Waals surface area (Å²) in [4.78, 5) is 1.22. The van der Waals surface area contributed by atoms with Gasteiger partial charge in [0.05, 0.1) is 11.2 Å². The van der Waals surface area contributed by atoms with E-state index in [4.69, 9.17) is 5.73 Å². The molecule has 0 aliphatic rings. The number of rotatable bonds is 3. The van der Waals surface area contributed by atoms with Crippen molar-refractivity contribution in [2.75, 3.05) is 5.73 Å². The van der Waals surface area contributed by atoms with Crippen molar-refractivity contribution < 1.29 is 0 Å². The van der Waals surface area contributed by atoms with E-state index in [-0.39, 0.29) is 0 Å². The molecule has 2 aromatic carbocycles. The molecule has 0 atom stereocenters. The van der Waals surface area contributed by atoms with E-state index in [1.807, 2.05) is 29.9 Å². The van der Waals surface area contributed by atoms with Gasteiger partial charge in [0.25, 0.3) is 0 Å². The number of aromatic nitrogens is 2. The minimum Gasteiger partial charge on any atom is -0.398 e. The van der Waals surface area contributed by atoms with Crippen LogP contribution in [0.5, 0.6) is 0 Å². The molecule has 0 spiro atoms. The zero-order valence-electron chi connectivity index (χ0n) is 11.6. The highest BCUT2D eigenvalue weighted by Gasteiger charge is 2.09. The number of hydrogen-bond donors (Lipinski definition) is 1. The number of thioether (sulfide) groups is 1. The van der Waals surface area contributed by atoms with E-state index in [0.717, 1.165) is 22.7 Å². The lowest BCUT2D eigenvalue weighted by atomic mass is 10.2. The molecule has 4 heteroatoms. The van der Waals surface area contributed by atoms with Crippen LogP contribution < -0.4 is 5.73 Å². The summed E-state index contributed by atoms with van der Waals surface area (Å²) in [5.74, 6) is 0.853. The lowest BCUT2D eigenvalue weighted by Crippen LogP contribution is -1.92. The van der Waals surface area contributed by atoms with E-state index < -0.39 is 0 Å². The molecule has 0 aliphatic carbocycles. The van der Waals surface area contributed by atoms with Crippen molar-refractivity contribution in [3.8, 4) is 0 Å². The normalized spacial score (nSPS) is 11.1. The maximum Gasteiger partial charge on any atom is 0.0805 e. The minimum absolute atomic E-state index is 0.848. The zero-order valence-corrected chi connectivity index (χ0v) is 12.4. The van der Waals surface area contributed by atoms with Crippen molar-refractivity contribution in [3.63, 3.8) is 0 Å². The van der Waals surface area contributed by atoms with Gasteiger partial charge in [0.1, 0.15) is 0 Å². The Hall–Kier alpha value is -1.94. The zero-order chi connectivity index (χ0) is 14.1. The highest BCUT2D eigenvalue weighted by atomic mass is 32.2. The molecule has 1 aromatic heterocycles. The summed E-state index contributed by atoms with van der Waals surface area (Å²) < 4.78 is 1.94. The topological polar surface area (TPSA) is 43.8 Å². The third-order valence-electron chi connectivity index (χ3n) is 3.52. The fourth-order valence-electron chi connectivity index (χ4n) is 2.33. The lowest BCUT2D eigenvalue weighted by Gasteiger charge is -2.06. The molecule has 20 heavy (non-hydrogen) atoms. The largest absolute Gasteiger partial charge is 0.398 e. The number of benzene rings is 2. The van der Waals surface area contributed by atoms with Gasteiger partial charge in [0, 0.05) is 28.8 Å². The first-order valence-electron chi connectivity index (χ1n) is 6.55. The summed E-state index contributed by atoms with van der Waals surface area (Å²) in [7, 11) is 1.99. The second kappa shape index (κ2) is 5.21. The third-order valence-corrected chi connectivity index (χ3v) is 4.70. The molecule has 0 amide bonds. The second-order valence-electron chi connectivity index (χ2n) is 4.85. The predicted octanol–water partition coefficient (Wildman–Crippen LogP) is 3.76. The van der Waals surface area contributed by atoms with Crippen LogP contribution in [0.1, 0.15) is 11.3 Å². The highest BCUT2D eigenvalue weighted by Crippen LogP contribution is 2.30. The van der Waals surface area contributed by atoms with Crippen molar-refractivity contribution in [2.45, 2.75) is 17.6 Å². The van der Waals surface area contributed by atoms with Gasteiger partial charge in [0.15, 0.2) is 0 Å². The van der Waals surface area contributed by atoms with Crippen molar-refractivity contribution in [1.29, 1.82) is 0 Å². The monoisotopic (exact) mass is 283 g/mol. The van der Waals surface area contributed by atoms with Crippen LogP contribution in [0.2, 0.25) is 0 Å². The van der Waals surface area contributed by atoms with Crippen LogP contribution in [0.4, 0.5) is 5.69 Å². The molecular weight excluding hydrogens is 266 g/mol. The van der Waals surface area contributed by atoms with Gasteiger partial charge in [-0.15, -0.1) is 11.8 Å². The summed E-state index contributed by atoms with van der Waals surface area (Å²) >= 11 is 1.79. The van der Waals surface area contributed by atoms with E-state index in [1.165, 1.54) is 15.8 Å². The van der Waals surface area contributed by atoms with Crippen LogP contribution in [0, 0.1) is 6.92 Å². The number of anilines is 1. The van der Waals surface area contributed by atoms with Crippen LogP contribution in [0.3, 0.4) is 0 Å².